The number of ketones is 1. The van der Waals surface area contributed by atoms with Crippen molar-refractivity contribution in [3.8, 4) is 0 Å². The van der Waals surface area contributed by atoms with E-state index < -0.39 is 0 Å². The van der Waals surface area contributed by atoms with Gasteiger partial charge >= 0.3 is 0 Å². The highest BCUT2D eigenvalue weighted by atomic mass is 16.5. The number of carbonyl (C=O) groups is 1. The molecule has 54 valence electrons. The number of ether oxygens (including phenoxy) is 1. The van der Waals surface area contributed by atoms with Gasteiger partial charge in [0.1, 0.15) is 5.78 Å². The Kier molecular flexibility index (Phi) is 1.17. The maximum atomic E-state index is 10.9. The lowest BCUT2D eigenvalue weighted by molar-refractivity contribution is -0.121. The Morgan fingerprint density at radius 1 is 1.60 bits per heavy atom. The molecule has 1 fully saturated rings. The van der Waals surface area contributed by atoms with E-state index in [1.807, 2.05) is 12.2 Å². The molecule has 0 saturated carbocycles. The van der Waals surface area contributed by atoms with Crippen molar-refractivity contribution >= 4 is 5.78 Å². The summed E-state index contributed by atoms with van der Waals surface area (Å²) in [5.74, 6) is 0.409. The summed E-state index contributed by atoms with van der Waals surface area (Å²) in [6.07, 6.45) is 5.28. The molecule has 0 aromatic rings. The third-order valence-corrected chi connectivity index (χ3v) is 2.25. The van der Waals surface area contributed by atoms with E-state index in [4.69, 9.17) is 4.74 Å². The van der Waals surface area contributed by atoms with Crippen molar-refractivity contribution in [2.24, 2.45) is 5.92 Å². The maximum absolute atomic E-state index is 10.9. The zero-order valence-electron chi connectivity index (χ0n) is 5.91. The molecule has 1 saturated heterocycles. The van der Waals surface area contributed by atoms with E-state index in [2.05, 4.69) is 0 Å². The zero-order valence-corrected chi connectivity index (χ0v) is 5.91. The van der Waals surface area contributed by atoms with Crippen LogP contribution in [0.3, 0.4) is 0 Å². The van der Waals surface area contributed by atoms with Crippen LogP contribution in [0.1, 0.15) is 13.3 Å². The third kappa shape index (κ3) is 0.721. The fourth-order valence-electron chi connectivity index (χ4n) is 1.67. The highest BCUT2D eigenvalue weighted by molar-refractivity contribution is 5.79. The van der Waals surface area contributed by atoms with Crippen LogP contribution in [0.15, 0.2) is 12.2 Å². The van der Waals surface area contributed by atoms with Gasteiger partial charge in [0.15, 0.2) is 0 Å². The van der Waals surface area contributed by atoms with Gasteiger partial charge < -0.3 is 4.74 Å². The van der Waals surface area contributed by atoms with Gasteiger partial charge in [-0.1, -0.05) is 12.2 Å². The fourth-order valence-corrected chi connectivity index (χ4v) is 1.67. The lowest BCUT2D eigenvalue weighted by atomic mass is 9.91. The van der Waals surface area contributed by atoms with Gasteiger partial charge in [0.2, 0.25) is 0 Å². The maximum Gasteiger partial charge on any atom is 0.135 e. The number of Topliss-reactive ketones (excluding diaryl/α,β-unsaturated/α-hetero) is 1. The molecule has 0 aromatic carbocycles. The van der Waals surface area contributed by atoms with E-state index in [-0.39, 0.29) is 23.9 Å². The minimum absolute atomic E-state index is 0.0995. The quantitative estimate of drug-likeness (QED) is 0.503. The minimum atomic E-state index is 0.0995. The molecule has 2 bridgehead atoms. The van der Waals surface area contributed by atoms with Crippen LogP contribution in [0.25, 0.3) is 0 Å². The summed E-state index contributed by atoms with van der Waals surface area (Å²) < 4.78 is 5.41. The van der Waals surface area contributed by atoms with Crippen LogP contribution in [-0.4, -0.2) is 18.0 Å². The van der Waals surface area contributed by atoms with Gasteiger partial charge in [-0.2, -0.15) is 0 Å². The largest absolute Gasteiger partial charge is 0.366 e. The van der Waals surface area contributed by atoms with Crippen molar-refractivity contribution in [2.75, 3.05) is 0 Å². The first-order valence-corrected chi connectivity index (χ1v) is 3.61. The predicted octanol–water partition coefficient (Wildman–Crippen LogP) is 0.919. The van der Waals surface area contributed by atoms with E-state index in [1.165, 1.54) is 0 Å². The first kappa shape index (κ1) is 6.10. The van der Waals surface area contributed by atoms with Crippen molar-refractivity contribution in [1.29, 1.82) is 0 Å². The second-order valence-electron chi connectivity index (χ2n) is 2.98. The molecule has 2 heteroatoms. The van der Waals surface area contributed by atoms with Gasteiger partial charge in [0.25, 0.3) is 0 Å². The first-order chi connectivity index (χ1) is 4.77. The Balaban J connectivity index is 2.16. The zero-order chi connectivity index (χ0) is 7.14. The molecule has 2 nitrogen and oxygen atoms in total. The van der Waals surface area contributed by atoms with Gasteiger partial charge in [-0.3, -0.25) is 4.79 Å². The van der Waals surface area contributed by atoms with E-state index in [0.29, 0.717) is 0 Å². The van der Waals surface area contributed by atoms with E-state index in [9.17, 15) is 4.79 Å². The first-order valence-electron chi connectivity index (χ1n) is 3.61. The summed E-state index contributed by atoms with van der Waals surface area (Å²) in [6, 6.07) is 0. The normalized spacial score (nSPS) is 42.7. The molecule has 0 unspecified atom stereocenters. The van der Waals surface area contributed by atoms with Gasteiger partial charge in [-0.25, -0.2) is 0 Å². The lowest BCUT2D eigenvalue weighted by Crippen LogP contribution is -2.20. The highest BCUT2D eigenvalue weighted by Gasteiger charge is 2.38. The van der Waals surface area contributed by atoms with Crippen molar-refractivity contribution in [3.63, 3.8) is 0 Å². The van der Waals surface area contributed by atoms with Crippen LogP contribution in [-0.2, 0) is 9.53 Å². The van der Waals surface area contributed by atoms with E-state index in [1.54, 1.807) is 6.92 Å². The standard InChI is InChI=1S/C8H10O2/c1-5(9)7-4-6-2-3-8(7)10-6/h2-3,6-8H,4H2,1H3/t6-,7+,8+/m0/s1. The molecule has 2 aliphatic rings. The van der Waals surface area contributed by atoms with E-state index in [0.717, 1.165) is 6.42 Å². The molecular formula is C8H10O2. The summed E-state index contributed by atoms with van der Waals surface area (Å²) in [6.45, 7) is 1.64. The van der Waals surface area contributed by atoms with Gasteiger partial charge in [0, 0.05) is 0 Å². The SMILES string of the molecule is CC(=O)[C@H]1C[C@@H]2C=C[C@H]1O2. The molecule has 2 aliphatic heterocycles. The average molecular weight is 138 g/mol. The summed E-state index contributed by atoms with van der Waals surface area (Å²) in [4.78, 5) is 10.9. The number of rotatable bonds is 1. The molecule has 0 spiro atoms. The monoisotopic (exact) mass is 138 g/mol. The van der Waals surface area contributed by atoms with E-state index >= 15 is 0 Å². The Hall–Kier alpha value is -0.630. The average Bonchev–Trinajstić information content (AvgIpc) is 2.44. The number of hydrogen-bond donors (Lipinski definition) is 0. The topological polar surface area (TPSA) is 26.3 Å². The molecule has 0 radical (unpaired) electrons. The number of hydrogen-bond acceptors (Lipinski definition) is 2. The molecule has 2 rings (SSSR count). The smallest absolute Gasteiger partial charge is 0.135 e. The van der Waals surface area contributed by atoms with Crippen LogP contribution in [0.2, 0.25) is 0 Å². The summed E-state index contributed by atoms with van der Waals surface area (Å²) >= 11 is 0. The van der Waals surface area contributed by atoms with Crippen molar-refractivity contribution in [1.82, 2.24) is 0 Å². The molecule has 2 heterocycles. The second-order valence-corrected chi connectivity index (χ2v) is 2.98. The van der Waals surface area contributed by atoms with Gasteiger partial charge in [0.05, 0.1) is 18.1 Å². The molecule has 0 N–H and O–H groups in total. The molecule has 0 aliphatic carbocycles. The molecule has 3 atom stereocenters. The third-order valence-electron chi connectivity index (χ3n) is 2.25. The van der Waals surface area contributed by atoms with Crippen LogP contribution in [0.4, 0.5) is 0 Å². The van der Waals surface area contributed by atoms with Crippen LogP contribution in [0, 0.1) is 5.92 Å². The second kappa shape index (κ2) is 1.92. The number of fused-ring (bicyclic) bond motifs is 2. The van der Waals surface area contributed by atoms with Crippen LogP contribution < -0.4 is 0 Å². The van der Waals surface area contributed by atoms with Gasteiger partial charge in [-0.05, 0) is 13.3 Å². The summed E-state index contributed by atoms with van der Waals surface area (Å²) in [5.41, 5.74) is 0. The van der Waals surface area contributed by atoms with Crippen molar-refractivity contribution < 1.29 is 9.53 Å². The molecule has 0 aromatic heterocycles. The highest BCUT2D eigenvalue weighted by Crippen LogP contribution is 2.33. The Morgan fingerprint density at radius 2 is 2.40 bits per heavy atom. The Morgan fingerprint density at radius 3 is 2.70 bits per heavy atom. The van der Waals surface area contributed by atoms with Crippen LogP contribution >= 0.6 is 0 Å². The molecular weight excluding hydrogens is 128 g/mol. The molecule has 0 amide bonds. The fraction of sp³-hybridized carbons (Fsp3) is 0.625. The van der Waals surface area contributed by atoms with Crippen LogP contribution in [0.5, 0.6) is 0 Å². The number of carbonyl (C=O) groups excluding carboxylic acids is 1. The summed E-state index contributed by atoms with van der Waals surface area (Å²) in [5, 5.41) is 0. The van der Waals surface area contributed by atoms with Gasteiger partial charge in [-0.15, -0.1) is 0 Å². The minimum Gasteiger partial charge on any atom is -0.366 e. The molecule has 10 heavy (non-hydrogen) atoms. The predicted molar refractivity (Wildman–Crippen MR) is 36.6 cm³/mol. The Bertz CT molecular complexity index is 195. The Labute approximate surface area is 59.9 Å². The van der Waals surface area contributed by atoms with Crippen molar-refractivity contribution in [3.05, 3.63) is 12.2 Å². The lowest BCUT2D eigenvalue weighted by Gasteiger charge is -2.09. The summed E-state index contributed by atoms with van der Waals surface area (Å²) in [7, 11) is 0. The van der Waals surface area contributed by atoms with Crippen molar-refractivity contribution in [2.45, 2.75) is 25.6 Å².